The summed E-state index contributed by atoms with van der Waals surface area (Å²) in [5.74, 6) is 0.308. The summed E-state index contributed by atoms with van der Waals surface area (Å²) in [7, 11) is 0. The molecule has 4 N–H and O–H groups in total. The van der Waals surface area contributed by atoms with Crippen LogP contribution in [0.3, 0.4) is 0 Å². The number of nitrogens with two attached hydrogens (primary N) is 1. The molecule has 2 saturated carbocycles. The number of nitrogen functional groups attached to an aromatic ring is 1. The zero-order valence-corrected chi connectivity index (χ0v) is 18.2. The molecule has 7 nitrogen and oxygen atoms in total. The monoisotopic (exact) mass is 471 g/mol. The summed E-state index contributed by atoms with van der Waals surface area (Å²) in [6.45, 7) is -0.137. The van der Waals surface area contributed by atoms with Gasteiger partial charge in [0.25, 0.3) is 6.43 Å². The van der Waals surface area contributed by atoms with Gasteiger partial charge in [-0.3, -0.25) is 4.90 Å². The molecule has 11 heteroatoms. The first-order valence-electron chi connectivity index (χ1n) is 11.2. The molecule has 0 amide bonds. The van der Waals surface area contributed by atoms with E-state index in [9.17, 15) is 17.6 Å². The Hall–Kier alpha value is -2.40. The first kappa shape index (κ1) is 23.7. The molecule has 4 atom stereocenters. The maximum absolute atomic E-state index is 12.9. The fraction of sp³-hybridized carbons (Fsp3) is 0.636. The Morgan fingerprint density at radius 2 is 2.03 bits per heavy atom. The Kier molecular flexibility index (Phi) is 7.38. The number of ether oxygens (including phenoxy) is 2. The van der Waals surface area contributed by atoms with E-state index in [0.29, 0.717) is 23.6 Å². The van der Waals surface area contributed by atoms with Crippen molar-refractivity contribution >= 4 is 11.5 Å². The lowest BCUT2D eigenvalue weighted by Crippen LogP contribution is -2.37. The van der Waals surface area contributed by atoms with E-state index in [1.807, 2.05) is 0 Å². The van der Waals surface area contributed by atoms with Crippen molar-refractivity contribution in [3.63, 3.8) is 0 Å². The molecule has 0 radical (unpaired) electrons. The van der Waals surface area contributed by atoms with Crippen LogP contribution in [-0.2, 0) is 4.74 Å². The minimum atomic E-state index is -3.08. The number of pyridine rings is 1. The molecule has 3 fully saturated rings. The van der Waals surface area contributed by atoms with E-state index in [4.69, 9.17) is 15.9 Å². The van der Waals surface area contributed by atoms with Crippen LogP contribution < -0.4 is 15.8 Å². The third-order valence-corrected chi connectivity index (χ3v) is 6.72. The van der Waals surface area contributed by atoms with Gasteiger partial charge in [0.2, 0.25) is 0 Å². The standard InChI is InChI=1S/C22H29F4N5O2/c23-19(24)11-29-17(9-16(27)12-6-18(33-22(25)26)21(28)30-10-12)20-14-7-13(8-15(14)20)31-2-1-4-32-5-3-31/h6,9-10,13-15,19-20,22,27,29H,1-5,7-8,11H2,(H2,28,30)/b17-9-,27-16?/t13-,14+,15-,20-. The topological polar surface area (TPSA) is 96.5 Å². The van der Waals surface area contributed by atoms with Gasteiger partial charge < -0.3 is 25.9 Å². The highest BCUT2D eigenvalue weighted by Crippen LogP contribution is 2.61. The van der Waals surface area contributed by atoms with Gasteiger partial charge in [0, 0.05) is 49.1 Å². The molecule has 3 aliphatic rings. The molecular formula is C22H29F4N5O2. The number of rotatable bonds is 9. The molecule has 182 valence electrons. The van der Waals surface area contributed by atoms with Gasteiger partial charge in [0.05, 0.1) is 18.9 Å². The number of halogens is 4. The van der Waals surface area contributed by atoms with Crippen molar-refractivity contribution in [3.05, 3.63) is 29.6 Å². The molecule has 2 heterocycles. The quantitative estimate of drug-likeness (QED) is 0.378. The van der Waals surface area contributed by atoms with Gasteiger partial charge in [-0.25, -0.2) is 13.8 Å². The van der Waals surface area contributed by atoms with Crippen molar-refractivity contribution in [2.24, 2.45) is 17.8 Å². The van der Waals surface area contributed by atoms with Crippen LogP contribution in [0.4, 0.5) is 23.4 Å². The number of alkyl halides is 4. The van der Waals surface area contributed by atoms with Crippen molar-refractivity contribution in [2.45, 2.75) is 38.3 Å². The molecular weight excluding hydrogens is 442 g/mol. The van der Waals surface area contributed by atoms with E-state index in [1.165, 1.54) is 18.3 Å². The van der Waals surface area contributed by atoms with E-state index in [1.54, 1.807) is 0 Å². The van der Waals surface area contributed by atoms with Crippen LogP contribution >= 0.6 is 0 Å². The predicted octanol–water partition coefficient (Wildman–Crippen LogP) is 3.12. The second-order valence-corrected chi connectivity index (χ2v) is 8.75. The third-order valence-electron chi connectivity index (χ3n) is 6.72. The van der Waals surface area contributed by atoms with Crippen LogP contribution in [0.15, 0.2) is 24.0 Å². The minimum Gasteiger partial charge on any atom is -0.431 e. The van der Waals surface area contributed by atoms with E-state index in [2.05, 4.69) is 19.9 Å². The number of fused-ring (bicyclic) bond motifs is 1. The molecule has 0 bridgehead atoms. The zero-order valence-electron chi connectivity index (χ0n) is 18.2. The van der Waals surface area contributed by atoms with Gasteiger partial charge in [-0.15, -0.1) is 0 Å². The van der Waals surface area contributed by atoms with Crippen LogP contribution in [0.5, 0.6) is 5.75 Å². The summed E-state index contributed by atoms with van der Waals surface area (Å²) in [4.78, 5) is 6.29. The normalized spacial score (nSPS) is 28.0. The average Bonchev–Trinajstić information content (AvgIpc) is 3.38. The van der Waals surface area contributed by atoms with E-state index in [-0.39, 0.29) is 28.8 Å². The number of aromatic nitrogens is 1. The largest absolute Gasteiger partial charge is 0.431 e. The minimum absolute atomic E-state index is 0.0374. The van der Waals surface area contributed by atoms with Gasteiger partial charge in [-0.1, -0.05) is 0 Å². The van der Waals surface area contributed by atoms with Crippen molar-refractivity contribution in [1.29, 1.82) is 5.41 Å². The lowest BCUT2D eigenvalue weighted by atomic mass is 10.0. The lowest BCUT2D eigenvalue weighted by molar-refractivity contribution is -0.0495. The number of nitrogens with zero attached hydrogens (tertiary/aromatic N) is 2. The molecule has 4 rings (SSSR count). The Bertz CT molecular complexity index is 864. The van der Waals surface area contributed by atoms with Crippen molar-refractivity contribution < 1.29 is 27.0 Å². The van der Waals surface area contributed by atoms with Gasteiger partial charge in [-0.05, 0) is 43.2 Å². The van der Waals surface area contributed by atoms with Crippen LogP contribution in [0, 0.1) is 23.2 Å². The Morgan fingerprint density at radius 3 is 2.73 bits per heavy atom. The summed E-state index contributed by atoms with van der Waals surface area (Å²) in [6, 6.07) is 1.69. The second-order valence-electron chi connectivity index (χ2n) is 8.75. The van der Waals surface area contributed by atoms with Crippen molar-refractivity contribution in [3.8, 4) is 5.75 Å². The zero-order chi connectivity index (χ0) is 23.5. The van der Waals surface area contributed by atoms with Crippen LogP contribution in [0.1, 0.15) is 24.8 Å². The first-order valence-corrected chi connectivity index (χ1v) is 11.2. The van der Waals surface area contributed by atoms with Gasteiger partial charge in [0.1, 0.15) is 0 Å². The number of anilines is 1. The fourth-order valence-corrected chi connectivity index (χ4v) is 5.19. The van der Waals surface area contributed by atoms with Crippen molar-refractivity contribution in [2.75, 3.05) is 38.6 Å². The summed E-state index contributed by atoms with van der Waals surface area (Å²) in [5, 5.41) is 11.2. The number of hydrogen-bond donors (Lipinski definition) is 3. The molecule has 1 aliphatic heterocycles. The molecule has 1 saturated heterocycles. The molecule has 2 aliphatic carbocycles. The molecule has 1 aromatic rings. The maximum atomic E-state index is 12.9. The number of nitrogens with one attached hydrogen (secondary N) is 2. The van der Waals surface area contributed by atoms with Gasteiger partial charge >= 0.3 is 6.61 Å². The summed E-state index contributed by atoms with van der Waals surface area (Å²) >= 11 is 0. The fourth-order valence-electron chi connectivity index (χ4n) is 5.19. The average molecular weight is 471 g/mol. The van der Waals surface area contributed by atoms with Crippen molar-refractivity contribution in [1.82, 2.24) is 15.2 Å². The molecule has 0 unspecified atom stereocenters. The van der Waals surface area contributed by atoms with E-state index in [0.717, 1.165) is 45.6 Å². The third kappa shape index (κ3) is 5.75. The number of hydrogen-bond acceptors (Lipinski definition) is 7. The summed E-state index contributed by atoms with van der Waals surface area (Å²) < 4.78 is 60.9. The summed E-state index contributed by atoms with van der Waals surface area (Å²) in [5.41, 5.74) is 6.32. The molecule has 33 heavy (non-hydrogen) atoms. The Labute approximate surface area is 189 Å². The Morgan fingerprint density at radius 1 is 1.27 bits per heavy atom. The second kappa shape index (κ2) is 10.3. The van der Waals surface area contributed by atoms with Crippen LogP contribution in [0.25, 0.3) is 0 Å². The molecule has 0 spiro atoms. The molecule has 1 aromatic heterocycles. The smallest absolute Gasteiger partial charge is 0.387 e. The highest BCUT2D eigenvalue weighted by Gasteiger charge is 2.58. The van der Waals surface area contributed by atoms with Gasteiger partial charge in [0.15, 0.2) is 11.6 Å². The highest BCUT2D eigenvalue weighted by atomic mass is 19.3. The highest BCUT2D eigenvalue weighted by molar-refractivity contribution is 6.07. The van der Waals surface area contributed by atoms with Gasteiger partial charge in [-0.2, -0.15) is 8.78 Å². The van der Waals surface area contributed by atoms with Crippen LogP contribution in [-0.4, -0.2) is 67.5 Å². The van der Waals surface area contributed by atoms with E-state index < -0.39 is 19.6 Å². The first-order chi connectivity index (χ1) is 15.8. The molecule has 0 aromatic carbocycles. The number of allylic oxidation sites excluding steroid dienone is 2. The van der Waals surface area contributed by atoms with Crippen LogP contribution in [0.2, 0.25) is 0 Å². The maximum Gasteiger partial charge on any atom is 0.387 e. The predicted molar refractivity (Wildman–Crippen MR) is 115 cm³/mol. The lowest BCUT2D eigenvalue weighted by Gasteiger charge is -2.29. The summed E-state index contributed by atoms with van der Waals surface area (Å²) in [6.07, 6.45) is 3.25. The van der Waals surface area contributed by atoms with E-state index >= 15 is 0 Å². The Balaban J connectivity index is 1.45. The SMILES string of the molecule is N=C(/C=C(\NCC(F)F)[C@H]1[C@@H]2C[C@H](N3CCCOCC3)C[C@@H]21)c1cnc(N)c(OC(F)F)c1.